The Balaban J connectivity index is 2.38. The second-order valence-corrected chi connectivity index (χ2v) is 7.38. The van der Waals surface area contributed by atoms with Crippen molar-refractivity contribution in [3.05, 3.63) is 9.34 Å². The molecule has 1 heterocycles. The first-order chi connectivity index (χ1) is 9.14. The van der Waals surface area contributed by atoms with Gasteiger partial charge < -0.3 is 9.47 Å². The van der Waals surface area contributed by atoms with Crippen LogP contribution in [0.25, 0.3) is 0 Å². The number of carbonyl (C=O) groups is 1. The quantitative estimate of drug-likeness (QED) is 0.335. The molecule has 0 aromatic heterocycles. The van der Waals surface area contributed by atoms with E-state index in [9.17, 15) is 4.79 Å². The number of esters is 1. The highest BCUT2D eigenvalue weighted by molar-refractivity contribution is 14.1. The molecule has 1 saturated heterocycles. The summed E-state index contributed by atoms with van der Waals surface area (Å²) in [5.74, 6) is 0.848. The van der Waals surface area contributed by atoms with E-state index in [0.717, 1.165) is 35.9 Å². The molecule has 0 amide bonds. The zero-order chi connectivity index (χ0) is 13.9. The summed E-state index contributed by atoms with van der Waals surface area (Å²) in [4.78, 5) is 12.5. The molecule has 1 aliphatic heterocycles. The molecule has 3 nitrogen and oxygen atoms in total. The van der Waals surface area contributed by atoms with Gasteiger partial charge in [0.05, 0.1) is 6.61 Å². The van der Waals surface area contributed by atoms with Gasteiger partial charge in [0.2, 0.25) is 0 Å². The molecule has 19 heavy (non-hydrogen) atoms. The third-order valence-corrected chi connectivity index (χ3v) is 5.89. The molecule has 2 unspecified atom stereocenters. The van der Waals surface area contributed by atoms with E-state index in [1.165, 1.54) is 16.4 Å². The molecule has 2 atom stereocenters. The van der Waals surface area contributed by atoms with E-state index in [0.29, 0.717) is 6.61 Å². The van der Waals surface area contributed by atoms with Crippen molar-refractivity contribution in [3.8, 4) is 0 Å². The highest BCUT2D eigenvalue weighted by Crippen LogP contribution is 2.51. The third-order valence-electron chi connectivity index (χ3n) is 3.88. The van der Waals surface area contributed by atoms with E-state index < -0.39 is 5.41 Å². The van der Waals surface area contributed by atoms with Crippen LogP contribution in [0.1, 0.15) is 45.4 Å². The second kappa shape index (κ2) is 6.95. The maximum atomic E-state index is 12.5. The first kappa shape index (κ1) is 15.9. The summed E-state index contributed by atoms with van der Waals surface area (Å²) in [6.45, 7) is 2.32. The molecule has 2 aliphatic rings. The number of allylic oxidation sites excluding steroid dienone is 1. The lowest BCUT2D eigenvalue weighted by Crippen LogP contribution is -2.33. The van der Waals surface area contributed by atoms with Gasteiger partial charge in [0.15, 0.2) is 0 Å². The second-order valence-electron chi connectivity index (χ2n) is 5.20. The summed E-state index contributed by atoms with van der Waals surface area (Å²) in [6.07, 6.45) is 6.32. The third kappa shape index (κ3) is 3.22. The first-order valence-corrected chi connectivity index (χ1v) is 9.53. The molecular formula is C14H20I2O3. The number of halogens is 2. The van der Waals surface area contributed by atoms with Gasteiger partial charge in [-0.1, -0.05) is 35.4 Å². The highest BCUT2D eigenvalue weighted by Gasteiger charge is 2.53. The molecule has 0 saturated carbocycles. The Kier molecular flexibility index (Phi) is 5.80. The molecule has 0 aromatic rings. The van der Waals surface area contributed by atoms with Crippen LogP contribution in [0, 0.1) is 5.41 Å². The number of ether oxygens (including phenoxy) is 2. The average molecular weight is 490 g/mol. The average Bonchev–Trinajstić information content (AvgIpc) is 2.76. The highest BCUT2D eigenvalue weighted by atomic mass is 127. The van der Waals surface area contributed by atoms with Crippen LogP contribution in [-0.4, -0.2) is 23.1 Å². The van der Waals surface area contributed by atoms with E-state index >= 15 is 0 Å². The van der Waals surface area contributed by atoms with Crippen molar-refractivity contribution in [2.45, 2.75) is 51.6 Å². The van der Waals surface area contributed by atoms with Crippen LogP contribution >= 0.6 is 45.2 Å². The lowest BCUT2D eigenvalue weighted by Gasteiger charge is -2.28. The number of hydrogen-bond acceptors (Lipinski definition) is 3. The molecule has 1 fully saturated rings. The first-order valence-electron chi connectivity index (χ1n) is 6.93. The van der Waals surface area contributed by atoms with Gasteiger partial charge >= 0.3 is 5.97 Å². The van der Waals surface area contributed by atoms with E-state index in [4.69, 9.17) is 9.47 Å². The van der Waals surface area contributed by atoms with Crippen LogP contribution in [-0.2, 0) is 14.3 Å². The molecule has 108 valence electrons. The molecular weight excluding hydrogens is 470 g/mol. The van der Waals surface area contributed by atoms with Gasteiger partial charge in [0, 0.05) is 14.4 Å². The molecule has 0 aromatic carbocycles. The Morgan fingerprint density at radius 2 is 2.26 bits per heavy atom. The van der Waals surface area contributed by atoms with Gasteiger partial charge in [0.1, 0.15) is 17.3 Å². The number of alkyl halides is 1. The van der Waals surface area contributed by atoms with E-state index in [1.807, 2.05) is 6.92 Å². The van der Waals surface area contributed by atoms with Crippen LogP contribution in [0.15, 0.2) is 9.34 Å². The summed E-state index contributed by atoms with van der Waals surface area (Å²) in [5, 5.41) is 0. The molecule has 0 spiro atoms. The fourth-order valence-corrected chi connectivity index (χ4v) is 4.49. The monoisotopic (exact) mass is 490 g/mol. The Hall–Kier alpha value is 0.470. The number of fused-ring (bicyclic) bond motifs is 1. The maximum absolute atomic E-state index is 12.5. The van der Waals surface area contributed by atoms with Crippen molar-refractivity contribution in [3.63, 3.8) is 0 Å². The summed E-state index contributed by atoms with van der Waals surface area (Å²) >= 11 is 4.70. The smallest absolute Gasteiger partial charge is 0.319 e. The molecule has 1 aliphatic carbocycles. The van der Waals surface area contributed by atoms with Crippen LogP contribution in [0.5, 0.6) is 0 Å². The van der Waals surface area contributed by atoms with Crippen molar-refractivity contribution in [2.75, 3.05) is 11.0 Å². The van der Waals surface area contributed by atoms with E-state index in [2.05, 4.69) is 45.2 Å². The zero-order valence-electron chi connectivity index (χ0n) is 11.2. The number of rotatable bonds is 3. The molecule has 0 bridgehead atoms. The number of hydrogen-bond donors (Lipinski definition) is 0. The summed E-state index contributed by atoms with van der Waals surface area (Å²) in [5.41, 5.74) is -0.497. The van der Waals surface area contributed by atoms with Crippen molar-refractivity contribution >= 4 is 51.2 Å². The Bertz CT molecular complexity index is 381. The molecule has 0 N–H and O–H groups in total. The molecule has 5 heteroatoms. The standard InChI is InChI=1S/C14H20I2O3/c1-2-18-13(17)14-7-5-3-4-6-11(16)12(14)19-10(8-14)9-15/h10H,2-9H2,1H3/b12-11-. The van der Waals surface area contributed by atoms with Gasteiger partial charge in [0.25, 0.3) is 0 Å². The SMILES string of the molecule is CCOC(=O)C12CCCCC/C(I)=C\1OC(CI)C2. The van der Waals surface area contributed by atoms with Gasteiger partial charge in [-0.25, -0.2) is 0 Å². The fourth-order valence-electron chi connectivity index (χ4n) is 2.97. The minimum atomic E-state index is -0.497. The van der Waals surface area contributed by atoms with Gasteiger partial charge in [-0.05, 0) is 48.8 Å². The lowest BCUT2D eigenvalue weighted by atomic mass is 9.76. The minimum Gasteiger partial charge on any atom is -0.492 e. The van der Waals surface area contributed by atoms with Gasteiger partial charge in [-0.15, -0.1) is 0 Å². The van der Waals surface area contributed by atoms with Crippen LogP contribution in [0.4, 0.5) is 0 Å². The van der Waals surface area contributed by atoms with Gasteiger partial charge in [-0.3, -0.25) is 4.79 Å². The predicted molar refractivity (Wildman–Crippen MR) is 91.6 cm³/mol. The van der Waals surface area contributed by atoms with Gasteiger partial charge in [-0.2, -0.15) is 0 Å². The Morgan fingerprint density at radius 1 is 1.47 bits per heavy atom. The van der Waals surface area contributed by atoms with Crippen molar-refractivity contribution < 1.29 is 14.3 Å². The maximum Gasteiger partial charge on any atom is 0.319 e. The summed E-state index contributed by atoms with van der Waals surface area (Å²) < 4.78 is 13.6. The largest absolute Gasteiger partial charge is 0.492 e. The van der Waals surface area contributed by atoms with Crippen molar-refractivity contribution in [1.82, 2.24) is 0 Å². The fraction of sp³-hybridized carbons (Fsp3) is 0.786. The van der Waals surface area contributed by atoms with Crippen molar-refractivity contribution in [1.29, 1.82) is 0 Å². The van der Waals surface area contributed by atoms with E-state index in [1.54, 1.807) is 0 Å². The Morgan fingerprint density at radius 3 is 2.95 bits per heavy atom. The minimum absolute atomic E-state index is 0.0755. The van der Waals surface area contributed by atoms with E-state index in [-0.39, 0.29) is 12.1 Å². The molecule has 2 rings (SSSR count). The summed E-state index contributed by atoms with van der Waals surface area (Å²) in [7, 11) is 0. The predicted octanol–water partition coefficient (Wildman–Crippen LogP) is 4.37. The van der Waals surface area contributed by atoms with Crippen LogP contribution in [0.2, 0.25) is 0 Å². The number of carbonyl (C=O) groups excluding carboxylic acids is 1. The Labute approximate surface area is 142 Å². The normalized spacial score (nSPS) is 35.0. The topological polar surface area (TPSA) is 35.5 Å². The lowest BCUT2D eigenvalue weighted by molar-refractivity contribution is -0.153. The van der Waals surface area contributed by atoms with Crippen LogP contribution < -0.4 is 0 Å². The van der Waals surface area contributed by atoms with Crippen LogP contribution in [0.3, 0.4) is 0 Å². The van der Waals surface area contributed by atoms with Crippen molar-refractivity contribution in [2.24, 2.45) is 5.41 Å². The zero-order valence-corrected chi connectivity index (χ0v) is 15.5. The molecule has 0 radical (unpaired) electrons. The summed E-state index contributed by atoms with van der Waals surface area (Å²) in [6, 6.07) is 0.